The molecule has 0 fully saturated rings. The van der Waals surface area contributed by atoms with Crippen LogP contribution < -0.4 is 5.73 Å². The van der Waals surface area contributed by atoms with E-state index in [1.54, 1.807) is 0 Å². The van der Waals surface area contributed by atoms with Gasteiger partial charge >= 0.3 is 5.97 Å². The van der Waals surface area contributed by atoms with Gasteiger partial charge in [0, 0.05) is 4.47 Å². The molecule has 0 amide bonds. The molecule has 0 radical (unpaired) electrons. The van der Waals surface area contributed by atoms with Gasteiger partial charge in [-0.3, -0.25) is 4.79 Å². The van der Waals surface area contributed by atoms with Gasteiger partial charge in [0.2, 0.25) is 0 Å². The van der Waals surface area contributed by atoms with Crippen molar-refractivity contribution in [1.82, 2.24) is 0 Å². The van der Waals surface area contributed by atoms with E-state index in [1.807, 2.05) is 26.0 Å². The molecule has 0 heterocycles. The molecule has 1 aromatic rings. The fourth-order valence-corrected chi connectivity index (χ4v) is 2.04. The fourth-order valence-electron chi connectivity index (χ4n) is 1.42. The van der Waals surface area contributed by atoms with Crippen molar-refractivity contribution in [2.24, 2.45) is 5.73 Å². The maximum Gasteiger partial charge on any atom is 0.320 e. The van der Waals surface area contributed by atoms with E-state index in [4.69, 9.17) is 10.8 Å². The first-order valence-electron chi connectivity index (χ1n) is 4.66. The molecule has 4 heteroatoms. The third-order valence-corrected chi connectivity index (χ3v) is 2.95. The predicted molar refractivity (Wildman–Crippen MR) is 62.9 cm³/mol. The third kappa shape index (κ3) is 3.04. The standard InChI is InChI=1S/C11H14BrNO2/c1-6-3-9(12)4-8(7(6)2)5-10(13)11(14)15/h3-4,10H,5,13H2,1-2H3,(H,14,15). The maximum atomic E-state index is 10.6. The van der Waals surface area contributed by atoms with Crippen LogP contribution in [0.5, 0.6) is 0 Å². The summed E-state index contributed by atoms with van der Waals surface area (Å²) in [5, 5.41) is 8.74. The zero-order valence-corrected chi connectivity index (χ0v) is 10.3. The highest BCUT2D eigenvalue weighted by Crippen LogP contribution is 2.21. The monoisotopic (exact) mass is 271 g/mol. The smallest absolute Gasteiger partial charge is 0.320 e. The summed E-state index contributed by atoms with van der Waals surface area (Å²) in [6.07, 6.45) is 0.363. The maximum absolute atomic E-state index is 10.6. The van der Waals surface area contributed by atoms with E-state index in [9.17, 15) is 4.79 Å². The van der Waals surface area contributed by atoms with Crippen molar-refractivity contribution < 1.29 is 9.90 Å². The Morgan fingerprint density at radius 2 is 2.13 bits per heavy atom. The lowest BCUT2D eigenvalue weighted by atomic mass is 9.98. The molecule has 0 saturated heterocycles. The van der Waals surface area contributed by atoms with Gasteiger partial charge in [-0.05, 0) is 49.1 Å². The molecule has 82 valence electrons. The van der Waals surface area contributed by atoms with E-state index in [-0.39, 0.29) is 0 Å². The van der Waals surface area contributed by atoms with Crippen molar-refractivity contribution in [1.29, 1.82) is 0 Å². The van der Waals surface area contributed by atoms with E-state index < -0.39 is 12.0 Å². The number of hydrogen-bond donors (Lipinski definition) is 2. The van der Waals surface area contributed by atoms with Gasteiger partial charge in [-0.25, -0.2) is 0 Å². The van der Waals surface area contributed by atoms with Crippen LogP contribution >= 0.6 is 15.9 Å². The third-order valence-electron chi connectivity index (χ3n) is 2.50. The minimum absolute atomic E-state index is 0.363. The number of hydrogen-bond acceptors (Lipinski definition) is 2. The van der Waals surface area contributed by atoms with Crippen molar-refractivity contribution in [3.8, 4) is 0 Å². The van der Waals surface area contributed by atoms with Crippen molar-refractivity contribution >= 4 is 21.9 Å². The van der Waals surface area contributed by atoms with Gasteiger partial charge in [0.25, 0.3) is 0 Å². The zero-order chi connectivity index (χ0) is 11.6. The second-order valence-corrected chi connectivity index (χ2v) is 4.57. The van der Waals surface area contributed by atoms with Crippen LogP contribution in [0.1, 0.15) is 16.7 Å². The van der Waals surface area contributed by atoms with Gasteiger partial charge in [0.1, 0.15) is 6.04 Å². The van der Waals surface area contributed by atoms with Crippen molar-refractivity contribution in [2.75, 3.05) is 0 Å². The summed E-state index contributed by atoms with van der Waals surface area (Å²) in [6.45, 7) is 3.97. The van der Waals surface area contributed by atoms with Gasteiger partial charge in [-0.1, -0.05) is 15.9 Å². The molecule has 0 aliphatic carbocycles. The molecule has 1 rings (SSSR count). The summed E-state index contributed by atoms with van der Waals surface area (Å²) in [5.41, 5.74) is 8.73. The molecular weight excluding hydrogens is 258 g/mol. The molecule has 3 nitrogen and oxygen atoms in total. The molecule has 0 aliphatic heterocycles. The summed E-state index contributed by atoms with van der Waals surface area (Å²) in [7, 11) is 0. The van der Waals surface area contributed by atoms with Crippen LogP contribution in [-0.4, -0.2) is 17.1 Å². The van der Waals surface area contributed by atoms with Crippen LogP contribution in [0.15, 0.2) is 16.6 Å². The van der Waals surface area contributed by atoms with Gasteiger partial charge in [-0.15, -0.1) is 0 Å². The lowest BCUT2D eigenvalue weighted by Gasteiger charge is -2.12. The van der Waals surface area contributed by atoms with E-state index >= 15 is 0 Å². The molecule has 1 aromatic carbocycles. The topological polar surface area (TPSA) is 63.3 Å². The Labute approximate surface area is 97.4 Å². The second-order valence-electron chi connectivity index (χ2n) is 3.66. The molecule has 0 saturated carbocycles. The highest BCUT2D eigenvalue weighted by Gasteiger charge is 2.14. The van der Waals surface area contributed by atoms with Gasteiger partial charge < -0.3 is 10.8 Å². The molecule has 0 aliphatic rings. The molecule has 0 aromatic heterocycles. The quantitative estimate of drug-likeness (QED) is 0.884. The molecule has 3 N–H and O–H groups in total. The molecule has 15 heavy (non-hydrogen) atoms. The molecule has 0 spiro atoms. The highest BCUT2D eigenvalue weighted by molar-refractivity contribution is 9.10. The first-order valence-corrected chi connectivity index (χ1v) is 5.45. The average Bonchev–Trinajstić information content (AvgIpc) is 2.13. The summed E-state index contributed by atoms with van der Waals surface area (Å²) in [4.78, 5) is 10.6. The summed E-state index contributed by atoms with van der Waals surface area (Å²) < 4.78 is 0.957. The minimum atomic E-state index is -0.966. The van der Waals surface area contributed by atoms with Crippen LogP contribution in [0.2, 0.25) is 0 Å². The Hall–Kier alpha value is -0.870. The van der Waals surface area contributed by atoms with Crippen molar-refractivity contribution in [2.45, 2.75) is 26.3 Å². The Balaban J connectivity index is 2.99. The summed E-state index contributed by atoms with van der Waals surface area (Å²) in [6, 6.07) is 3.09. The zero-order valence-electron chi connectivity index (χ0n) is 8.75. The fraction of sp³-hybridized carbons (Fsp3) is 0.364. The lowest BCUT2D eigenvalue weighted by molar-refractivity contribution is -0.138. The van der Waals surface area contributed by atoms with Gasteiger partial charge in [-0.2, -0.15) is 0 Å². The number of halogens is 1. The number of carbonyl (C=O) groups is 1. The van der Waals surface area contributed by atoms with Crippen molar-refractivity contribution in [3.05, 3.63) is 33.3 Å². The van der Waals surface area contributed by atoms with E-state index in [2.05, 4.69) is 15.9 Å². The van der Waals surface area contributed by atoms with Crippen LogP contribution in [0.3, 0.4) is 0 Å². The Morgan fingerprint density at radius 1 is 1.53 bits per heavy atom. The Bertz CT molecular complexity index is 390. The molecule has 1 atom stereocenters. The normalized spacial score (nSPS) is 12.5. The lowest BCUT2D eigenvalue weighted by Crippen LogP contribution is -2.32. The number of aliphatic carboxylic acids is 1. The number of aryl methyl sites for hydroxylation is 1. The highest BCUT2D eigenvalue weighted by atomic mass is 79.9. The number of rotatable bonds is 3. The molecule has 1 unspecified atom stereocenters. The number of carboxylic acid groups (broad SMARTS) is 1. The second kappa shape index (κ2) is 4.77. The molecule has 0 bridgehead atoms. The summed E-state index contributed by atoms with van der Waals surface area (Å²) >= 11 is 3.39. The number of carboxylic acids is 1. The van der Waals surface area contributed by atoms with Crippen LogP contribution in [-0.2, 0) is 11.2 Å². The van der Waals surface area contributed by atoms with E-state index in [1.165, 1.54) is 0 Å². The van der Waals surface area contributed by atoms with Crippen LogP contribution in [0.25, 0.3) is 0 Å². The Kier molecular flexibility index (Phi) is 3.88. The van der Waals surface area contributed by atoms with E-state index in [0.717, 1.165) is 21.2 Å². The molecular formula is C11H14BrNO2. The SMILES string of the molecule is Cc1cc(Br)cc(CC(N)C(=O)O)c1C. The van der Waals surface area contributed by atoms with Gasteiger partial charge in [0.15, 0.2) is 0 Å². The first-order chi connectivity index (χ1) is 6.91. The first kappa shape index (κ1) is 12.2. The largest absolute Gasteiger partial charge is 0.480 e. The summed E-state index contributed by atoms with van der Waals surface area (Å²) in [5.74, 6) is -0.966. The number of nitrogens with two attached hydrogens (primary N) is 1. The van der Waals surface area contributed by atoms with Crippen LogP contribution in [0.4, 0.5) is 0 Å². The van der Waals surface area contributed by atoms with E-state index in [0.29, 0.717) is 6.42 Å². The van der Waals surface area contributed by atoms with Crippen molar-refractivity contribution in [3.63, 3.8) is 0 Å². The van der Waals surface area contributed by atoms with Crippen LogP contribution in [0, 0.1) is 13.8 Å². The number of benzene rings is 1. The predicted octanol–water partition coefficient (Wildman–Crippen LogP) is 2.02. The Morgan fingerprint density at radius 3 is 2.67 bits per heavy atom. The minimum Gasteiger partial charge on any atom is -0.480 e. The average molecular weight is 272 g/mol. The van der Waals surface area contributed by atoms with Gasteiger partial charge in [0.05, 0.1) is 0 Å².